The van der Waals surface area contributed by atoms with Crippen molar-refractivity contribution in [1.82, 2.24) is 10.6 Å². The molecule has 0 spiro atoms. The lowest BCUT2D eigenvalue weighted by atomic mass is 9.93. The molecule has 2 amide bonds. The van der Waals surface area contributed by atoms with Crippen LogP contribution in [0, 0.1) is 6.92 Å². The third kappa shape index (κ3) is 7.82. The Labute approximate surface area is 240 Å². The fraction of sp³-hybridized carbons (Fsp3) is 0.206. The number of ketones is 1. The standard InChI is InChI=1S/C34H35N3O4/c1-23-7-6-8-27(21-23)33(39)37-22-32(34(40)36-20-19-35-28-15-17-29(41-3)18-16-28)26-13-11-25(12-14-26)31-10-5-4-9-30(31)24(2)38/h4-18,21,32,35H,19-20,22H2,1-3H3,(H,36,40)(H,37,39). The van der Waals surface area contributed by atoms with Gasteiger partial charge in [-0.1, -0.05) is 66.2 Å². The number of benzene rings is 4. The Hall–Kier alpha value is -4.91. The maximum absolute atomic E-state index is 13.4. The second-order valence-corrected chi connectivity index (χ2v) is 9.80. The maximum atomic E-state index is 13.4. The summed E-state index contributed by atoms with van der Waals surface area (Å²) in [7, 11) is 1.62. The molecule has 0 aliphatic carbocycles. The van der Waals surface area contributed by atoms with E-state index in [1.807, 2.05) is 97.9 Å². The van der Waals surface area contributed by atoms with Gasteiger partial charge in [-0.2, -0.15) is 0 Å². The maximum Gasteiger partial charge on any atom is 0.251 e. The molecule has 0 aliphatic heterocycles. The van der Waals surface area contributed by atoms with Crippen LogP contribution >= 0.6 is 0 Å². The number of methoxy groups -OCH3 is 1. The van der Waals surface area contributed by atoms with Gasteiger partial charge in [0.2, 0.25) is 5.91 Å². The number of hydrogen-bond donors (Lipinski definition) is 3. The Morgan fingerprint density at radius 2 is 1.54 bits per heavy atom. The van der Waals surface area contributed by atoms with Gasteiger partial charge in [-0.15, -0.1) is 0 Å². The highest BCUT2D eigenvalue weighted by atomic mass is 16.5. The van der Waals surface area contributed by atoms with Gasteiger partial charge in [0.1, 0.15) is 5.75 Å². The number of carbonyl (C=O) groups is 3. The van der Waals surface area contributed by atoms with E-state index in [0.717, 1.165) is 33.7 Å². The van der Waals surface area contributed by atoms with Gasteiger partial charge in [0.25, 0.3) is 5.91 Å². The number of anilines is 1. The summed E-state index contributed by atoms with van der Waals surface area (Å²) in [6.07, 6.45) is 0. The van der Waals surface area contributed by atoms with Gasteiger partial charge in [-0.25, -0.2) is 0 Å². The molecule has 7 nitrogen and oxygen atoms in total. The van der Waals surface area contributed by atoms with E-state index in [0.29, 0.717) is 24.2 Å². The van der Waals surface area contributed by atoms with Gasteiger partial charge in [0.15, 0.2) is 5.78 Å². The summed E-state index contributed by atoms with van der Waals surface area (Å²) < 4.78 is 5.19. The highest BCUT2D eigenvalue weighted by molar-refractivity contribution is 6.00. The molecule has 0 aromatic heterocycles. The zero-order valence-corrected chi connectivity index (χ0v) is 23.6. The van der Waals surface area contributed by atoms with Crippen molar-refractivity contribution in [3.8, 4) is 16.9 Å². The summed E-state index contributed by atoms with van der Waals surface area (Å²) >= 11 is 0. The molecule has 4 aromatic carbocycles. The molecule has 1 unspecified atom stereocenters. The highest BCUT2D eigenvalue weighted by Gasteiger charge is 2.22. The van der Waals surface area contributed by atoms with Crippen molar-refractivity contribution in [2.75, 3.05) is 32.1 Å². The molecule has 4 aromatic rings. The molecular formula is C34H35N3O4. The number of aryl methyl sites for hydroxylation is 1. The van der Waals surface area contributed by atoms with Crippen LogP contribution in [0.4, 0.5) is 5.69 Å². The molecule has 0 bridgehead atoms. The molecule has 0 radical (unpaired) electrons. The Bertz CT molecular complexity index is 1500. The lowest BCUT2D eigenvalue weighted by Crippen LogP contribution is -2.39. The van der Waals surface area contributed by atoms with Crippen molar-refractivity contribution < 1.29 is 19.1 Å². The quantitative estimate of drug-likeness (QED) is 0.158. The summed E-state index contributed by atoms with van der Waals surface area (Å²) in [5.74, 6) is -0.274. The van der Waals surface area contributed by atoms with E-state index in [-0.39, 0.29) is 24.1 Å². The lowest BCUT2D eigenvalue weighted by molar-refractivity contribution is -0.122. The molecule has 3 N–H and O–H groups in total. The van der Waals surface area contributed by atoms with Crippen LogP contribution < -0.4 is 20.7 Å². The van der Waals surface area contributed by atoms with Crippen molar-refractivity contribution in [2.24, 2.45) is 0 Å². The number of rotatable bonds is 12. The number of hydrogen-bond acceptors (Lipinski definition) is 5. The largest absolute Gasteiger partial charge is 0.497 e. The van der Waals surface area contributed by atoms with Crippen molar-refractivity contribution in [1.29, 1.82) is 0 Å². The van der Waals surface area contributed by atoms with E-state index in [9.17, 15) is 14.4 Å². The predicted octanol–water partition coefficient (Wildman–Crippen LogP) is 5.62. The van der Waals surface area contributed by atoms with Crippen LogP contribution in [0.2, 0.25) is 0 Å². The van der Waals surface area contributed by atoms with Gasteiger partial charge in [-0.05, 0) is 66.9 Å². The molecule has 0 saturated carbocycles. The molecule has 4 rings (SSSR count). The first kappa shape index (κ1) is 29.1. The third-order valence-electron chi connectivity index (χ3n) is 6.84. The first-order chi connectivity index (χ1) is 19.9. The smallest absolute Gasteiger partial charge is 0.251 e. The summed E-state index contributed by atoms with van der Waals surface area (Å²) in [6, 6.07) is 29.9. The minimum atomic E-state index is -0.609. The topological polar surface area (TPSA) is 96.5 Å². The summed E-state index contributed by atoms with van der Waals surface area (Å²) in [5.41, 5.74) is 5.57. The molecular weight excluding hydrogens is 514 g/mol. The second-order valence-electron chi connectivity index (χ2n) is 9.80. The normalized spacial score (nSPS) is 11.3. The first-order valence-electron chi connectivity index (χ1n) is 13.6. The molecule has 0 aliphatic rings. The first-order valence-corrected chi connectivity index (χ1v) is 13.6. The predicted molar refractivity (Wildman–Crippen MR) is 163 cm³/mol. The van der Waals surface area contributed by atoms with Crippen LogP contribution in [0.5, 0.6) is 5.75 Å². The number of nitrogens with one attached hydrogen (secondary N) is 3. The van der Waals surface area contributed by atoms with Gasteiger partial charge >= 0.3 is 0 Å². The van der Waals surface area contributed by atoms with Gasteiger partial charge in [0, 0.05) is 36.4 Å². The Balaban J connectivity index is 1.47. The zero-order valence-electron chi connectivity index (χ0n) is 23.6. The number of ether oxygens (including phenoxy) is 1. The highest BCUT2D eigenvalue weighted by Crippen LogP contribution is 2.26. The van der Waals surface area contributed by atoms with Crippen molar-refractivity contribution in [2.45, 2.75) is 19.8 Å². The van der Waals surface area contributed by atoms with Gasteiger partial charge in [0.05, 0.1) is 13.0 Å². The van der Waals surface area contributed by atoms with E-state index in [2.05, 4.69) is 16.0 Å². The van der Waals surface area contributed by atoms with Crippen molar-refractivity contribution in [3.63, 3.8) is 0 Å². The van der Waals surface area contributed by atoms with Crippen LogP contribution in [0.3, 0.4) is 0 Å². The molecule has 0 fully saturated rings. The number of carbonyl (C=O) groups excluding carboxylic acids is 3. The number of Topliss-reactive ketones (excluding diaryl/α,β-unsaturated/α-hetero) is 1. The third-order valence-corrected chi connectivity index (χ3v) is 6.84. The SMILES string of the molecule is COc1ccc(NCCNC(=O)C(CNC(=O)c2cccc(C)c2)c2ccc(-c3ccccc3C(C)=O)cc2)cc1. The molecule has 0 saturated heterocycles. The molecule has 0 heterocycles. The van der Waals surface area contributed by atoms with Gasteiger partial charge < -0.3 is 20.7 Å². The van der Waals surface area contributed by atoms with E-state index in [1.165, 1.54) is 0 Å². The van der Waals surface area contributed by atoms with E-state index < -0.39 is 5.92 Å². The lowest BCUT2D eigenvalue weighted by Gasteiger charge is -2.19. The van der Waals surface area contributed by atoms with E-state index in [1.54, 1.807) is 20.1 Å². The van der Waals surface area contributed by atoms with Crippen LogP contribution in [-0.2, 0) is 4.79 Å². The summed E-state index contributed by atoms with van der Waals surface area (Å²) in [6.45, 7) is 4.54. The molecule has 1 atom stereocenters. The van der Waals surface area contributed by atoms with Crippen LogP contribution in [0.15, 0.2) is 97.1 Å². The van der Waals surface area contributed by atoms with Crippen LogP contribution in [0.25, 0.3) is 11.1 Å². The fourth-order valence-electron chi connectivity index (χ4n) is 4.61. The molecule has 7 heteroatoms. The summed E-state index contributed by atoms with van der Waals surface area (Å²) in [4.78, 5) is 38.4. The van der Waals surface area contributed by atoms with Gasteiger partial charge in [-0.3, -0.25) is 14.4 Å². The van der Waals surface area contributed by atoms with Crippen LogP contribution in [-0.4, -0.2) is 44.3 Å². The zero-order chi connectivity index (χ0) is 29.2. The van der Waals surface area contributed by atoms with Crippen molar-refractivity contribution in [3.05, 3.63) is 119 Å². The average molecular weight is 550 g/mol. The fourth-order valence-corrected chi connectivity index (χ4v) is 4.61. The minimum Gasteiger partial charge on any atom is -0.497 e. The van der Waals surface area contributed by atoms with E-state index in [4.69, 9.17) is 4.74 Å². The minimum absolute atomic E-state index is 0.0101. The van der Waals surface area contributed by atoms with Crippen molar-refractivity contribution >= 4 is 23.3 Å². The second kappa shape index (κ2) is 13.9. The Morgan fingerprint density at radius 1 is 0.805 bits per heavy atom. The molecule has 41 heavy (non-hydrogen) atoms. The summed E-state index contributed by atoms with van der Waals surface area (Å²) in [5, 5.41) is 9.21. The molecule has 210 valence electrons. The monoisotopic (exact) mass is 549 g/mol. The van der Waals surface area contributed by atoms with Crippen LogP contribution in [0.1, 0.15) is 44.7 Å². The Kier molecular flexibility index (Phi) is 9.89. The Morgan fingerprint density at radius 3 is 2.22 bits per heavy atom. The average Bonchev–Trinajstić information content (AvgIpc) is 3.00. The van der Waals surface area contributed by atoms with E-state index >= 15 is 0 Å². The number of amides is 2.